The maximum absolute atomic E-state index is 14.5. The molecule has 2 fully saturated rings. The monoisotopic (exact) mass is 750 g/mol. The van der Waals surface area contributed by atoms with Crippen LogP contribution in [0.5, 0.6) is 0 Å². The number of rotatable bonds is 11. The van der Waals surface area contributed by atoms with E-state index in [0.29, 0.717) is 22.4 Å². The van der Waals surface area contributed by atoms with Crippen molar-refractivity contribution in [2.75, 3.05) is 5.75 Å². The van der Waals surface area contributed by atoms with Crippen molar-refractivity contribution in [1.82, 2.24) is 0 Å². The highest BCUT2D eigenvalue weighted by molar-refractivity contribution is 8.13. The van der Waals surface area contributed by atoms with Crippen molar-refractivity contribution < 1.29 is 28.0 Å². The first kappa shape index (κ1) is 43.7. The van der Waals surface area contributed by atoms with Crippen LogP contribution in [0.2, 0.25) is 34.8 Å². The zero-order chi connectivity index (χ0) is 37.8. The third kappa shape index (κ3) is 10.1. The lowest BCUT2D eigenvalue weighted by Gasteiger charge is -2.46. The van der Waals surface area contributed by atoms with Gasteiger partial charge in [0.25, 0.3) is 0 Å². The second-order valence-electron chi connectivity index (χ2n) is 18.4. The van der Waals surface area contributed by atoms with Crippen molar-refractivity contribution in [3.8, 4) is 0 Å². The van der Waals surface area contributed by atoms with Crippen LogP contribution in [0.3, 0.4) is 0 Å². The summed E-state index contributed by atoms with van der Waals surface area (Å²) < 4.78 is 20.4. The molecule has 0 spiro atoms. The molecule has 3 aliphatic rings. The Balaban J connectivity index is 2.00. The van der Waals surface area contributed by atoms with Crippen molar-refractivity contribution in [2.24, 2.45) is 35.5 Å². The maximum atomic E-state index is 14.5. The Morgan fingerprint density at radius 1 is 0.940 bits per heavy atom. The van der Waals surface area contributed by atoms with Crippen molar-refractivity contribution >= 4 is 45.3 Å². The molecule has 0 radical (unpaired) electrons. The largest absolute Gasteiger partial charge is 0.462 e. The summed E-state index contributed by atoms with van der Waals surface area (Å²) in [6.07, 6.45) is 9.64. The average Bonchev–Trinajstić information content (AvgIpc) is 3.41. The first-order valence-electron chi connectivity index (χ1n) is 20.1. The third-order valence-electron chi connectivity index (χ3n) is 13.2. The molecule has 0 aromatic heterocycles. The van der Waals surface area contributed by atoms with Crippen LogP contribution in [0.1, 0.15) is 134 Å². The summed E-state index contributed by atoms with van der Waals surface area (Å²) in [5, 5.41) is 0.302. The minimum atomic E-state index is -2.25. The van der Waals surface area contributed by atoms with Gasteiger partial charge in [0.2, 0.25) is 8.32 Å². The number of ketones is 1. The number of ether oxygens (including phenoxy) is 1. The van der Waals surface area contributed by atoms with Crippen molar-refractivity contribution in [1.29, 1.82) is 0 Å². The van der Waals surface area contributed by atoms with Gasteiger partial charge in [0.05, 0.1) is 6.10 Å². The van der Waals surface area contributed by atoms with Crippen molar-refractivity contribution in [2.45, 2.75) is 188 Å². The molecular weight excluding hydrogens is 677 g/mol. The van der Waals surface area contributed by atoms with Gasteiger partial charge in [-0.05, 0) is 103 Å². The molecule has 3 rings (SSSR count). The number of hydrogen-bond donors (Lipinski definition) is 0. The van der Waals surface area contributed by atoms with Gasteiger partial charge < -0.3 is 13.6 Å². The maximum Gasteiger partial charge on any atom is 0.306 e. The molecule has 0 aromatic carbocycles. The van der Waals surface area contributed by atoms with Crippen LogP contribution in [0.25, 0.3) is 0 Å². The predicted octanol–water partition coefficient (Wildman–Crippen LogP) is 11.2. The lowest BCUT2D eigenvalue weighted by Crippen LogP contribution is -2.52. The first-order chi connectivity index (χ1) is 23.2. The molecule has 1 heterocycles. The SMILES string of the molecule is CCSC(=O)[C@H]1[C@@H]([C@H]2CC(=O)O[C@H](CC)CCC[C@@H](O[Si](C(C)C)(C(C)C)C(C)C)[C@H](C)C(=O)C2)C=C[C@H]2C[C@H](O[Si](C)(C)C(C)(C)C)C[C@H]12. The number of esters is 1. The first-order valence-corrected chi connectivity index (χ1v) is 26.2. The molecule has 288 valence electrons. The van der Waals surface area contributed by atoms with E-state index in [2.05, 4.69) is 101 Å². The van der Waals surface area contributed by atoms with E-state index in [0.717, 1.165) is 38.5 Å². The number of carbonyl (C=O) groups excluding carboxylic acids is 3. The molecule has 50 heavy (non-hydrogen) atoms. The normalized spacial score (nSPS) is 32.2. The molecule has 1 saturated heterocycles. The second kappa shape index (κ2) is 18.1. The minimum absolute atomic E-state index is 0.108. The molecule has 0 unspecified atom stereocenters. The van der Waals surface area contributed by atoms with Gasteiger partial charge in [-0.1, -0.05) is 107 Å². The van der Waals surface area contributed by atoms with Crippen LogP contribution in [0.15, 0.2) is 12.2 Å². The highest BCUT2D eigenvalue weighted by Crippen LogP contribution is 2.52. The summed E-state index contributed by atoms with van der Waals surface area (Å²) >= 11 is 1.40. The third-order valence-corrected chi connectivity index (χ3v) is 24.7. The van der Waals surface area contributed by atoms with E-state index in [1.807, 2.05) is 6.92 Å². The number of thioether (sulfide) groups is 1. The van der Waals surface area contributed by atoms with Gasteiger partial charge in [-0.3, -0.25) is 14.4 Å². The van der Waals surface area contributed by atoms with Gasteiger partial charge in [-0.2, -0.15) is 0 Å². The van der Waals surface area contributed by atoms with Gasteiger partial charge in [0.15, 0.2) is 13.4 Å². The van der Waals surface area contributed by atoms with Crippen LogP contribution >= 0.6 is 11.8 Å². The number of carbonyl (C=O) groups is 3. The van der Waals surface area contributed by atoms with E-state index in [1.54, 1.807) is 0 Å². The van der Waals surface area contributed by atoms with E-state index < -0.39 is 16.6 Å². The number of cyclic esters (lactones) is 1. The standard InChI is InChI=1S/C41H74O6SSi2/c1-15-32-18-17-19-37(47-50(26(3)4,27(5)6)28(7)8)29(9)36(42)23-31(24-38(43)45-32)34-21-20-30-22-33(46-49(13,14)41(10,11)12)25-35(30)39(34)40(44)48-16-2/h20-21,26-35,37,39H,15-19,22-25H2,1-14H3/t29-,30+,31-,32-,33+,34-,35+,37-,39+/m1/s1. The number of Topliss-reactive ketones (excluding diaryl/α,β-unsaturated/α-hetero) is 1. The topological polar surface area (TPSA) is 78.9 Å². The predicted molar refractivity (Wildman–Crippen MR) is 214 cm³/mol. The fourth-order valence-electron chi connectivity index (χ4n) is 9.49. The lowest BCUT2D eigenvalue weighted by molar-refractivity contribution is -0.152. The Morgan fingerprint density at radius 2 is 1.56 bits per heavy atom. The summed E-state index contributed by atoms with van der Waals surface area (Å²) in [6, 6.07) is 0. The van der Waals surface area contributed by atoms with Crippen LogP contribution in [0, 0.1) is 35.5 Å². The smallest absolute Gasteiger partial charge is 0.306 e. The number of fused-ring (bicyclic) bond motifs is 1. The van der Waals surface area contributed by atoms with E-state index in [4.69, 9.17) is 13.6 Å². The van der Waals surface area contributed by atoms with Gasteiger partial charge in [0, 0.05) is 30.8 Å². The highest BCUT2D eigenvalue weighted by atomic mass is 32.2. The Hall–Kier alpha value is -0.746. The number of hydrogen-bond acceptors (Lipinski definition) is 7. The van der Waals surface area contributed by atoms with Crippen LogP contribution in [0.4, 0.5) is 0 Å². The van der Waals surface area contributed by atoms with Crippen LogP contribution in [-0.4, -0.2) is 57.6 Å². The summed E-state index contributed by atoms with van der Waals surface area (Å²) in [4.78, 5) is 42.3. The molecular formula is C41H74O6SSi2. The Bertz CT molecular complexity index is 1150. The van der Waals surface area contributed by atoms with Crippen LogP contribution in [-0.2, 0) is 28.0 Å². The van der Waals surface area contributed by atoms with E-state index >= 15 is 0 Å². The molecule has 6 nitrogen and oxygen atoms in total. The molecule has 1 aliphatic heterocycles. The average molecular weight is 751 g/mol. The molecule has 1 saturated carbocycles. The highest BCUT2D eigenvalue weighted by Gasteiger charge is 2.52. The molecule has 0 amide bonds. The summed E-state index contributed by atoms with van der Waals surface area (Å²) in [7, 11) is -4.24. The summed E-state index contributed by atoms with van der Waals surface area (Å²) in [5.74, 6) is -0.0170. The lowest BCUT2D eigenvalue weighted by atomic mass is 9.66. The molecule has 9 heteroatoms. The fourth-order valence-corrected chi connectivity index (χ4v) is 17.3. The molecule has 9 atom stereocenters. The zero-order valence-electron chi connectivity index (χ0n) is 34.3. The van der Waals surface area contributed by atoms with Gasteiger partial charge in [0.1, 0.15) is 11.9 Å². The van der Waals surface area contributed by atoms with Crippen molar-refractivity contribution in [3.63, 3.8) is 0 Å². The molecule has 0 aromatic rings. The molecule has 0 N–H and O–H groups in total. The Labute approximate surface area is 313 Å². The molecule has 2 aliphatic carbocycles. The van der Waals surface area contributed by atoms with Crippen molar-refractivity contribution in [3.05, 3.63) is 12.2 Å². The van der Waals surface area contributed by atoms with Gasteiger partial charge in [-0.25, -0.2) is 0 Å². The van der Waals surface area contributed by atoms with E-state index in [-0.39, 0.29) is 88.6 Å². The Morgan fingerprint density at radius 3 is 2.10 bits per heavy atom. The zero-order valence-corrected chi connectivity index (χ0v) is 37.1. The number of allylic oxidation sites excluding steroid dienone is 2. The van der Waals surface area contributed by atoms with Gasteiger partial charge in [-0.15, -0.1) is 0 Å². The quantitative estimate of drug-likeness (QED) is 0.118. The van der Waals surface area contributed by atoms with Crippen LogP contribution < -0.4 is 0 Å². The summed E-state index contributed by atoms with van der Waals surface area (Å²) in [5.41, 5.74) is 1.26. The van der Waals surface area contributed by atoms with E-state index in [9.17, 15) is 14.4 Å². The van der Waals surface area contributed by atoms with E-state index in [1.165, 1.54) is 11.8 Å². The second-order valence-corrected chi connectivity index (χ2v) is 29.8. The minimum Gasteiger partial charge on any atom is -0.462 e. The fraction of sp³-hybridized carbons (Fsp3) is 0.878. The summed E-state index contributed by atoms with van der Waals surface area (Å²) in [6.45, 7) is 31.4. The molecule has 0 bridgehead atoms. The Kier molecular flexibility index (Phi) is 15.8. The van der Waals surface area contributed by atoms with Gasteiger partial charge >= 0.3 is 5.97 Å².